The highest BCUT2D eigenvalue weighted by molar-refractivity contribution is 7.89. The first-order valence-electron chi connectivity index (χ1n) is 10.7. The number of carbonyl (C=O) groups is 1. The highest BCUT2D eigenvalue weighted by Crippen LogP contribution is 2.24. The lowest BCUT2D eigenvalue weighted by Gasteiger charge is -2.18. The lowest BCUT2D eigenvalue weighted by Crippen LogP contribution is -2.30. The zero-order valence-electron chi connectivity index (χ0n) is 18.9. The van der Waals surface area contributed by atoms with Gasteiger partial charge in [-0.2, -0.15) is 4.31 Å². The van der Waals surface area contributed by atoms with Gasteiger partial charge in [-0.05, 0) is 56.2 Å². The minimum absolute atomic E-state index is 0.123. The molecular formula is C24H29N3O4S. The van der Waals surface area contributed by atoms with E-state index in [2.05, 4.69) is 10.3 Å². The van der Waals surface area contributed by atoms with Gasteiger partial charge in [0.2, 0.25) is 21.8 Å². The van der Waals surface area contributed by atoms with Gasteiger partial charge in [-0.25, -0.2) is 13.4 Å². The van der Waals surface area contributed by atoms with Crippen molar-refractivity contribution in [1.82, 2.24) is 9.29 Å². The highest BCUT2D eigenvalue weighted by Gasteiger charge is 2.21. The number of hydrogen-bond acceptors (Lipinski definition) is 5. The number of hydrogen-bond donors (Lipinski definition) is 1. The van der Waals surface area contributed by atoms with E-state index in [1.54, 1.807) is 24.3 Å². The first kappa shape index (κ1) is 23.7. The molecule has 8 heteroatoms. The summed E-state index contributed by atoms with van der Waals surface area (Å²) in [5.74, 6) is 1.17. The molecule has 3 aromatic rings. The Labute approximate surface area is 189 Å². The lowest BCUT2D eigenvalue weighted by molar-refractivity contribution is -0.116. The molecule has 0 fully saturated rings. The van der Waals surface area contributed by atoms with Crippen molar-refractivity contribution in [1.29, 1.82) is 0 Å². The Morgan fingerprint density at radius 3 is 2.34 bits per heavy atom. The minimum Gasteiger partial charge on any atom is -0.441 e. The van der Waals surface area contributed by atoms with E-state index in [1.807, 2.05) is 52.0 Å². The maximum absolute atomic E-state index is 12.6. The topological polar surface area (TPSA) is 92.5 Å². The second-order valence-corrected chi connectivity index (χ2v) is 9.46. The number of carbonyl (C=O) groups excluding carboxylic acids is 1. The number of anilines is 1. The molecule has 1 heterocycles. The molecule has 0 aliphatic carbocycles. The number of sulfonamides is 1. The van der Waals surface area contributed by atoms with Crippen molar-refractivity contribution in [3.63, 3.8) is 0 Å². The van der Waals surface area contributed by atoms with Crippen LogP contribution in [0.15, 0.2) is 57.8 Å². The molecule has 1 amide bonds. The standard InChI is InChI=1S/C24H29N3O4S/c1-5-27(6-2)32(29,30)22-13-10-19(11-14-22)12-15-23(28)26-21-9-7-8-20(16-21)24-25-17(3)18(4)31-24/h7-11,13-14,16H,5-6,12,15H2,1-4H3,(H,26,28). The van der Waals surface area contributed by atoms with E-state index in [9.17, 15) is 13.2 Å². The van der Waals surface area contributed by atoms with Crippen molar-refractivity contribution < 1.29 is 17.6 Å². The third-order valence-corrected chi connectivity index (χ3v) is 7.39. The summed E-state index contributed by atoms with van der Waals surface area (Å²) < 4.78 is 32.2. The summed E-state index contributed by atoms with van der Waals surface area (Å²) in [6, 6.07) is 14.1. The van der Waals surface area contributed by atoms with Crippen molar-refractivity contribution in [2.75, 3.05) is 18.4 Å². The van der Waals surface area contributed by atoms with Crippen LogP contribution in [0, 0.1) is 13.8 Å². The Hall–Kier alpha value is -2.97. The number of rotatable bonds is 9. The molecule has 1 N–H and O–H groups in total. The van der Waals surface area contributed by atoms with E-state index in [-0.39, 0.29) is 17.2 Å². The molecule has 1 aromatic heterocycles. The van der Waals surface area contributed by atoms with Crippen LogP contribution >= 0.6 is 0 Å². The van der Waals surface area contributed by atoms with Crippen LogP contribution in [0.25, 0.3) is 11.5 Å². The third kappa shape index (κ3) is 5.44. The molecule has 0 bridgehead atoms. The SMILES string of the molecule is CCN(CC)S(=O)(=O)c1ccc(CCC(=O)Nc2cccc(-c3nc(C)c(C)o3)c2)cc1. The van der Waals surface area contributed by atoms with Gasteiger partial charge in [0.25, 0.3) is 0 Å². The van der Waals surface area contributed by atoms with Gasteiger partial charge in [0.05, 0.1) is 10.6 Å². The molecule has 0 atom stereocenters. The average Bonchev–Trinajstić information content (AvgIpc) is 3.12. The molecule has 3 rings (SSSR count). The molecule has 0 aliphatic rings. The zero-order chi connectivity index (χ0) is 23.3. The molecule has 32 heavy (non-hydrogen) atoms. The van der Waals surface area contributed by atoms with E-state index < -0.39 is 10.0 Å². The Balaban J connectivity index is 1.60. The number of oxazole rings is 1. The maximum atomic E-state index is 12.6. The van der Waals surface area contributed by atoms with Crippen LogP contribution in [0.1, 0.15) is 37.3 Å². The molecule has 0 radical (unpaired) electrons. The van der Waals surface area contributed by atoms with Crippen molar-refractivity contribution in [2.24, 2.45) is 0 Å². The summed E-state index contributed by atoms with van der Waals surface area (Å²) in [6.07, 6.45) is 0.791. The molecule has 0 spiro atoms. The van der Waals surface area contributed by atoms with Crippen LogP contribution < -0.4 is 5.32 Å². The van der Waals surface area contributed by atoms with E-state index >= 15 is 0 Å². The Kier molecular flexibility index (Phi) is 7.48. The van der Waals surface area contributed by atoms with Crippen LogP contribution in [-0.4, -0.2) is 36.7 Å². The van der Waals surface area contributed by atoms with Gasteiger partial charge in [0.1, 0.15) is 5.76 Å². The molecule has 0 unspecified atom stereocenters. The first-order chi connectivity index (χ1) is 15.2. The van der Waals surface area contributed by atoms with Gasteiger partial charge in [-0.3, -0.25) is 4.79 Å². The van der Waals surface area contributed by atoms with Crippen molar-refractivity contribution >= 4 is 21.6 Å². The van der Waals surface area contributed by atoms with Gasteiger partial charge in [0, 0.05) is 30.8 Å². The van der Waals surface area contributed by atoms with Crippen LogP contribution in [0.3, 0.4) is 0 Å². The second-order valence-electron chi connectivity index (χ2n) is 7.52. The number of aryl methyl sites for hydroxylation is 3. The fraction of sp³-hybridized carbons (Fsp3) is 0.333. The number of amides is 1. The monoisotopic (exact) mass is 455 g/mol. The van der Waals surface area contributed by atoms with Gasteiger partial charge >= 0.3 is 0 Å². The molecule has 170 valence electrons. The average molecular weight is 456 g/mol. The molecule has 0 aliphatic heterocycles. The van der Waals surface area contributed by atoms with Crippen LogP contribution in [0.2, 0.25) is 0 Å². The van der Waals surface area contributed by atoms with Crippen LogP contribution in [-0.2, 0) is 21.2 Å². The van der Waals surface area contributed by atoms with Crippen LogP contribution in [0.4, 0.5) is 5.69 Å². The smallest absolute Gasteiger partial charge is 0.243 e. The highest BCUT2D eigenvalue weighted by atomic mass is 32.2. The largest absolute Gasteiger partial charge is 0.441 e. The number of nitrogens with one attached hydrogen (secondary N) is 1. The fourth-order valence-corrected chi connectivity index (χ4v) is 4.81. The van der Waals surface area contributed by atoms with Gasteiger partial charge in [0.15, 0.2) is 0 Å². The Bertz CT molecular complexity index is 1160. The summed E-state index contributed by atoms with van der Waals surface area (Å²) in [5.41, 5.74) is 3.20. The summed E-state index contributed by atoms with van der Waals surface area (Å²) in [7, 11) is -3.48. The lowest BCUT2D eigenvalue weighted by atomic mass is 10.1. The predicted octanol–water partition coefficient (Wildman–Crippen LogP) is 4.56. The van der Waals surface area contributed by atoms with Crippen LogP contribution in [0.5, 0.6) is 0 Å². The summed E-state index contributed by atoms with van der Waals surface area (Å²) in [5, 5.41) is 2.90. The molecule has 7 nitrogen and oxygen atoms in total. The van der Waals surface area contributed by atoms with Crippen molar-refractivity contribution in [3.05, 3.63) is 65.5 Å². The van der Waals surface area contributed by atoms with E-state index in [1.165, 1.54) is 4.31 Å². The number of benzene rings is 2. The van der Waals surface area contributed by atoms with E-state index in [4.69, 9.17) is 4.42 Å². The number of aromatic nitrogens is 1. The molecule has 0 saturated carbocycles. The summed E-state index contributed by atoms with van der Waals surface area (Å²) in [4.78, 5) is 17.1. The van der Waals surface area contributed by atoms with Gasteiger partial charge < -0.3 is 9.73 Å². The maximum Gasteiger partial charge on any atom is 0.243 e. The quantitative estimate of drug-likeness (QED) is 0.511. The molecular weight excluding hydrogens is 426 g/mol. The molecule has 2 aromatic carbocycles. The Morgan fingerprint density at radius 1 is 1.06 bits per heavy atom. The number of nitrogens with zero attached hydrogens (tertiary/aromatic N) is 2. The zero-order valence-corrected chi connectivity index (χ0v) is 19.7. The Morgan fingerprint density at radius 2 is 1.75 bits per heavy atom. The molecule has 0 saturated heterocycles. The second kappa shape index (κ2) is 10.1. The fourth-order valence-electron chi connectivity index (χ4n) is 3.35. The van der Waals surface area contributed by atoms with Gasteiger partial charge in [-0.15, -0.1) is 0 Å². The predicted molar refractivity (Wildman–Crippen MR) is 125 cm³/mol. The summed E-state index contributed by atoms with van der Waals surface area (Å²) in [6.45, 7) is 8.24. The normalized spacial score (nSPS) is 11.7. The first-order valence-corrected chi connectivity index (χ1v) is 12.1. The van der Waals surface area contributed by atoms with Crippen molar-refractivity contribution in [2.45, 2.75) is 45.4 Å². The third-order valence-electron chi connectivity index (χ3n) is 5.33. The summed E-state index contributed by atoms with van der Waals surface area (Å²) >= 11 is 0. The van der Waals surface area contributed by atoms with E-state index in [0.29, 0.717) is 31.1 Å². The van der Waals surface area contributed by atoms with Crippen molar-refractivity contribution in [3.8, 4) is 11.5 Å². The van der Waals surface area contributed by atoms with Gasteiger partial charge in [-0.1, -0.05) is 32.0 Å². The minimum atomic E-state index is -3.48. The van der Waals surface area contributed by atoms with E-state index in [0.717, 1.165) is 22.6 Å².